The number of quaternary nitrogens is 1. The van der Waals surface area contributed by atoms with Crippen LogP contribution in [0.25, 0.3) is 0 Å². The summed E-state index contributed by atoms with van der Waals surface area (Å²) in [5.41, 5.74) is 0. The zero-order chi connectivity index (χ0) is 50.5. The van der Waals surface area contributed by atoms with Crippen LogP contribution in [0, 0.1) is 0 Å². The fraction of sp³-hybridized carbons (Fsp3) is 0.883. The molecule has 0 amide bonds. The molecule has 2 unspecified atom stereocenters. The van der Waals surface area contributed by atoms with Gasteiger partial charge in [0.05, 0.1) is 34.4 Å². The van der Waals surface area contributed by atoms with Crippen LogP contribution in [0.2, 0.25) is 0 Å². The van der Waals surface area contributed by atoms with E-state index < -0.39 is 13.9 Å². The summed E-state index contributed by atoms with van der Waals surface area (Å²) in [6, 6.07) is 0. The first-order valence-electron chi connectivity index (χ1n) is 29.7. The van der Waals surface area contributed by atoms with Gasteiger partial charge in [-0.2, -0.15) is 0 Å². The summed E-state index contributed by atoms with van der Waals surface area (Å²) in [7, 11) is 1.37. The Kier molecular flexibility index (Phi) is 52.0. The largest absolute Gasteiger partial charge is 0.756 e. The van der Waals surface area contributed by atoms with E-state index in [0.29, 0.717) is 24.1 Å². The molecule has 0 saturated carbocycles. The number of phosphoric acid groups is 1. The van der Waals surface area contributed by atoms with E-state index in [0.717, 1.165) is 38.5 Å². The average molecular weight is 995 g/mol. The summed E-state index contributed by atoms with van der Waals surface area (Å²) in [6.45, 7) is 5.45. The highest BCUT2D eigenvalue weighted by Gasteiger charge is 2.20. The van der Waals surface area contributed by atoms with E-state index >= 15 is 0 Å². The van der Waals surface area contributed by atoms with Crippen LogP contribution in [-0.4, -0.2) is 70.7 Å². The number of nitrogens with zero attached hydrogens (tertiary/aromatic N) is 1. The average Bonchev–Trinajstić information content (AvgIpc) is 3.31. The quantitative estimate of drug-likeness (QED) is 0.0197. The predicted octanol–water partition coefficient (Wildman–Crippen LogP) is 18.2. The third-order valence-corrected chi connectivity index (χ3v) is 14.1. The normalized spacial score (nSPS) is 13.7. The number of unbranched alkanes of at least 4 members (excludes halogenated alkanes) is 36. The van der Waals surface area contributed by atoms with Crippen molar-refractivity contribution in [1.29, 1.82) is 0 Å². The summed E-state index contributed by atoms with van der Waals surface area (Å²) in [6.07, 6.45) is 66.2. The topological polar surface area (TPSA) is 94.1 Å². The van der Waals surface area contributed by atoms with Crippen molar-refractivity contribution in [1.82, 2.24) is 0 Å². The fourth-order valence-electron chi connectivity index (χ4n) is 8.57. The molecular formula is C60H116NO7P. The van der Waals surface area contributed by atoms with Gasteiger partial charge in [0, 0.05) is 13.0 Å². The zero-order valence-electron chi connectivity index (χ0n) is 46.5. The first kappa shape index (κ1) is 67.7. The van der Waals surface area contributed by atoms with Gasteiger partial charge in [-0.15, -0.1) is 0 Å². The summed E-state index contributed by atoms with van der Waals surface area (Å²) in [5.74, 6) is -0.330. The molecule has 0 bridgehead atoms. The molecule has 0 saturated heterocycles. The second-order valence-corrected chi connectivity index (χ2v) is 22.8. The van der Waals surface area contributed by atoms with Crippen LogP contribution in [0.5, 0.6) is 0 Å². The Balaban J connectivity index is 4.04. The molecule has 408 valence electrons. The van der Waals surface area contributed by atoms with Gasteiger partial charge in [0.15, 0.2) is 0 Å². The number of carbonyl (C=O) groups is 1. The highest BCUT2D eigenvalue weighted by Crippen LogP contribution is 2.38. The summed E-state index contributed by atoms with van der Waals surface area (Å²) in [4.78, 5) is 25.3. The van der Waals surface area contributed by atoms with Crippen LogP contribution < -0.4 is 4.89 Å². The second kappa shape index (κ2) is 53.0. The van der Waals surface area contributed by atoms with Gasteiger partial charge in [0.1, 0.15) is 19.3 Å². The fourth-order valence-corrected chi connectivity index (χ4v) is 9.30. The third-order valence-electron chi connectivity index (χ3n) is 13.2. The van der Waals surface area contributed by atoms with Gasteiger partial charge in [-0.1, -0.05) is 243 Å². The molecule has 69 heavy (non-hydrogen) atoms. The second-order valence-electron chi connectivity index (χ2n) is 21.4. The minimum atomic E-state index is -4.54. The Morgan fingerprint density at radius 1 is 0.449 bits per heavy atom. The van der Waals surface area contributed by atoms with Gasteiger partial charge in [-0.25, -0.2) is 0 Å². The van der Waals surface area contributed by atoms with E-state index in [4.69, 9.17) is 18.5 Å². The van der Waals surface area contributed by atoms with E-state index in [1.165, 1.54) is 225 Å². The lowest BCUT2D eigenvalue weighted by Gasteiger charge is -2.28. The molecule has 8 nitrogen and oxygen atoms in total. The molecule has 0 aliphatic rings. The molecule has 0 aliphatic heterocycles. The number of phosphoric ester groups is 1. The van der Waals surface area contributed by atoms with Gasteiger partial charge in [0.25, 0.3) is 7.82 Å². The summed E-state index contributed by atoms with van der Waals surface area (Å²) in [5, 5.41) is 0. The van der Waals surface area contributed by atoms with Crippen LogP contribution in [0.15, 0.2) is 36.5 Å². The van der Waals surface area contributed by atoms with Crippen molar-refractivity contribution in [2.75, 3.05) is 54.1 Å². The Labute approximate surface area is 429 Å². The van der Waals surface area contributed by atoms with Crippen molar-refractivity contribution in [3.05, 3.63) is 36.5 Å². The molecular weight excluding hydrogens is 878 g/mol. The summed E-state index contributed by atoms with van der Waals surface area (Å²) < 4.78 is 34.9. The van der Waals surface area contributed by atoms with Crippen LogP contribution >= 0.6 is 7.82 Å². The Bertz CT molecular complexity index is 1200. The number of allylic oxidation sites excluding steroid dienone is 6. The molecule has 0 heterocycles. The minimum Gasteiger partial charge on any atom is -0.756 e. The smallest absolute Gasteiger partial charge is 0.306 e. The lowest BCUT2D eigenvalue weighted by Crippen LogP contribution is -2.37. The first-order valence-corrected chi connectivity index (χ1v) is 31.2. The SMILES string of the molecule is CCCCCCC/C=C\C/C=C\CCCCCCCCCCCCOCC(COP(=O)([O-])OCC[N+](C)(C)C)OC(=O)CCCCCCCCCCCCCCC/C=C\CCCCCCCCCC. The number of esters is 1. The Morgan fingerprint density at radius 3 is 1.19 bits per heavy atom. The number of hydrogen-bond acceptors (Lipinski definition) is 7. The lowest BCUT2D eigenvalue weighted by molar-refractivity contribution is -0.870. The Morgan fingerprint density at radius 2 is 0.797 bits per heavy atom. The van der Waals surface area contributed by atoms with Crippen molar-refractivity contribution in [3.8, 4) is 0 Å². The van der Waals surface area contributed by atoms with E-state index in [2.05, 4.69) is 50.3 Å². The van der Waals surface area contributed by atoms with E-state index in [-0.39, 0.29) is 25.8 Å². The molecule has 9 heteroatoms. The van der Waals surface area contributed by atoms with Gasteiger partial charge >= 0.3 is 5.97 Å². The molecule has 0 spiro atoms. The van der Waals surface area contributed by atoms with Crippen LogP contribution in [0.4, 0.5) is 0 Å². The van der Waals surface area contributed by atoms with E-state index in [9.17, 15) is 14.3 Å². The maximum atomic E-state index is 12.8. The molecule has 0 fully saturated rings. The monoisotopic (exact) mass is 994 g/mol. The number of ether oxygens (including phenoxy) is 2. The first-order chi connectivity index (χ1) is 33.6. The molecule has 0 rings (SSSR count). The van der Waals surface area contributed by atoms with E-state index in [1.807, 2.05) is 21.1 Å². The van der Waals surface area contributed by atoms with Gasteiger partial charge in [-0.05, 0) is 70.6 Å². The van der Waals surface area contributed by atoms with E-state index in [1.54, 1.807) is 0 Å². The van der Waals surface area contributed by atoms with Crippen LogP contribution in [0.3, 0.4) is 0 Å². The van der Waals surface area contributed by atoms with Crippen molar-refractivity contribution in [2.45, 2.75) is 290 Å². The molecule has 0 radical (unpaired) electrons. The standard InChI is InChI=1S/C60H116NO7P/c1-6-8-10-12-14-16-18-20-22-24-26-28-30-31-32-33-35-37-39-41-43-45-47-49-51-53-60(62)68-59(58-67-69(63,64)66-56-54-61(3,4)5)57-65-55-52-50-48-46-44-42-40-38-36-34-29-27-25-23-21-19-17-15-13-11-9-7-2/h19,21,24-27,59H,6-18,20,22-23,28-58H2,1-5H3/b21-19-,26-24-,27-25-. The van der Waals surface area contributed by atoms with Crippen LogP contribution in [-0.2, 0) is 27.9 Å². The van der Waals surface area contributed by atoms with Crippen molar-refractivity contribution in [3.63, 3.8) is 0 Å². The summed E-state index contributed by atoms with van der Waals surface area (Å²) >= 11 is 0. The highest BCUT2D eigenvalue weighted by atomic mass is 31.2. The van der Waals surface area contributed by atoms with Gasteiger partial charge in [0.2, 0.25) is 0 Å². The van der Waals surface area contributed by atoms with Crippen LogP contribution in [0.1, 0.15) is 284 Å². The van der Waals surface area contributed by atoms with Gasteiger partial charge < -0.3 is 27.9 Å². The highest BCUT2D eigenvalue weighted by molar-refractivity contribution is 7.45. The molecule has 2 atom stereocenters. The minimum absolute atomic E-state index is 0.0266. The van der Waals surface area contributed by atoms with Crippen molar-refractivity contribution in [2.24, 2.45) is 0 Å². The lowest BCUT2D eigenvalue weighted by atomic mass is 10.0. The van der Waals surface area contributed by atoms with Gasteiger partial charge in [-0.3, -0.25) is 9.36 Å². The molecule has 0 aromatic rings. The number of likely N-dealkylation sites (N-methyl/N-ethyl adjacent to an activating group) is 1. The molecule has 0 aromatic carbocycles. The maximum Gasteiger partial charge on any atom is 0.306 e. The number of carbonyl (C=O) groups excluding carboxylic acids is 1. The molecule has 0 N–H and O–H groups in total. The third kappa shape index (κ3) is 57.5. The molecule has 0 aliphatic carbocycles. The number of hydrogen-bond donors (Lipinski definition) is 0. The van der Waals surface area contributed by atoms with Crippen molar-refractivity contribution >= 4 is 13.8 Å². The maximum absolute atomic E-state index is 12.8. The number of rotatable bonds is 56. The van der Waals surface area contributed by atoms with Crippen molar-refractivity contribution < 1.29 is 37.3 Å². The Hall–Kier alpha value is -1.28. The molecule has 0 aromatic heterocycles. The zero-order valence-corrected chi connectivity index (χ0v) is 47.4. The predicted molar refractivity (Wildman–Crippen MR) is 296 cm³/mol.